The lowest BCUT2D eigenvalue weighted by Crippen LogP contribution is -2.50. The zero-order valence-corrected chi connectivity index (χ0v) is 33.9. The van der Waals surface area contributed by atoms with E-state index in [4.69, 9.17) is 38.0 Å². The number of nitriles is 1. The molecule has 2 aromatic carbocycles. The maximum absolute atomic E-state index is 10.5. The number of halogens is 1. The Hall–Kier alpha value is -4.01. The van der Waals surface area contributed by atoms with Crippen LogP contribution in [0.2, 0.25) is 5.02 Å². The molecule has 0 amide bonds. The van der Waals surface area contributed by atoms with Gasteiger partial charge in [0.1, 0.15) is 17.4 Å². The van der Waals surface area contributed by atoms with Crippen LogP contribution in [-0.2, 0) is 4.74 Å². The molecule has 4 aromatic rings. The van der Waals surface area contributed by atoms with E-state index < -0.39 is 5.92 Å². The molecule has 3 saturated carbocycles. The molecule has 0 saturated heterocycles. The normalized spacial score (nSPS) is 31.6. The minimum atomic E-state index is -0.468. The maximum atomic E-state index is 10.5. The van der Waals surface area contributed by atoms with Crippen LogP contribution in [0.15, 0.2) is 98.9 Å². The second-order valence-corrected chi connectivity index (χ2v) is 19.1. The number of thioether (sulfide) groups is 1. The van der Waals surface area contributed by atoms with Gasteiger partial charge in [-0.15, -0.1) is 21.5 Å². The third-order valence-corrected chi connectivity index (χ3v) is 16.4. The number of allylic oxidation sites excluding steroid dienone is 4. The average Bonchev–Trinajstić information content (AvgIpc) is 3.87. The quantitative estimate of drug-likeness (QED) is 0.164. The number of thiophene rings is 1. The van der Waals surface area contributed by atoms with Gasteiger partial charge in [-0.1, -0.05) is 67.4 Å². The number of aliphatic hydroxyl groups excluding tert-OH is 1. The minimum Gasteiger partial charge on any atom is -0.444 e. The van der Waals surface area contributed by atoms with Crippen LogP contribution < -0.4 is 11.5 Å². The Morgan fingerprint density at radius 2 is 1.80 bits per heavy atom. The zero-order chi connectivity index (χ0) is 38.2. The topological polar surface area (TPSA) is 136 Å². The van der Waals surface area contributed by atoms with E-state index >= 15 is 0 Å². The van der Waals surface area contributed by atoms with Crippen molar-refractivity contribution in [3.8, 4) is 23.1 Å². The van der Waals surface area contributed by atoms with Gasteiger partial charge in [0.15, 0.2) is 5.82 Å². The molecule has 0 spiro atoms. The summed E-state index contributed by atoms with van der Waals surface area (Å²) in [6, 6.07) is 20.0. The van der Waals surface area contributed by atoms with Crippen molar-refractivity contribution in [2.24, 2.45) is 34.3 Å². The third kappa shape index (κ3) is 5.87. The second kappa shape index (κ2) is 13.9. The Kier molecular flexibility index (Phi) is 9.24. The number of aliphatic hydroxyl groups is 1. The first kappa shape index (κ1) is 36.6. The van der Waals surface area contributed by atoms with Gasteiger partial charge in [-0.05, 0) is 145 Å². The van der Waals surface area contributed by atoms with Crippen molar-refractivity contribution in [1.82, 2.24) is 14.8 Å². The summed E-state index contributed by atoms with van der Waals surface area (Å²) in [5.41, 5.74) is 19.6. The zero-order valence-electron chi connectivity index (χ0n) is 31.5. The number of fused-ring (bicyclic) bond motifs is 5. The molecule has 0 bridgehead atoms. The molecule has 5 N–H and O–H groups in total. The van der Waals surface area contributed by atoms with Gasteiger partial charge >= 0.3 is 0 Å². The Balaban J connectivity index is 1.10. The highest BCUT2D eigenvalue weighted by atomic mass is 35.5. The Morgan fingerprint density at radius 3 is 2.56 bits per heavy atom. The Morgan fingerprint density at radius 1 is 1.02 bits per heavy atom. The highest BCUT2D eigenvalue weighted by Crippen LogP contribution is 2.69. The molecule has 2 unspecified atom stereocenters. The number of nitrogens with two attached hydrogens (primary N) is 2. The van der Waals surface area contributed by atoms with Crippen LogP contribution in [0.3, 0.4) is 0 Å². The summed E-state index contributed by atoms with van der Waals surface area (Å²) in [5.74, 6) is 3.26. The first-order valence-electron chi connectivity index (χ1n) is 19.5. The molecule has 8 atom stereocenters. The molecular formula is C44H47ClN6O2S2. The van der Waals surface area contributed by atoms with E-state index in [1.807, 2.05) is 49.4 Å². The number of para-hydroxylation sites is 1. The summed E-state index contributed by atoms with van der Waals surface area (Å²) in [6.45, 7) is 6.93. The number of hydrogen-bond acceptors (Lipinski definition) is 9. The molecule has 5 aliphatic rings. The molecule has 1 aliphatic heterocycles. The number of nitrogen functional groups attached to an aromatic ring is 1. The number of rotatable bonds is 6. The van der Waals surface area contributed by atoms with Crippen molar-refractivity contribution in [3.05, 3.63) is 110 Å². The van der Waals surface area contributed by atoms with Crippen molar-refractivity contribution in [1.29, 1.82) is 5.26 Å². The van der Waals surface area contributed by atoms with Gasteiger partial charge in [-0.3, -0.25) is 4.57 Å². The van der Waals surface area contributed by atoms with E-state index in [0.717, 1.165) is 64.6 Å². The van der Waals surface area contributed by atoms with E-state index in [0.29, 0.717) is 45.2 Å². The lowest BCUT2D eigenvalue weighted by molar-refractivity contribution is -0.0408. The summed E-state index contributed by atoms with van der Waals surface area (Å²) in [7, 11) is 0. The minimum absolute atomic E-state index is 0.0962. The highest BCUT2D eigenvalue weighted by Gasteiger charge is 2.59. The number of hydrogen-bond donors (Lipinski definition) is 3. The summed E-state index contributed by atoms with van der Waals surface area (Å²) in [5, 5.41) is 34.9. The molecule has 2 aromatic heterocycles. The Bertz CT molecular complexity index is 2290. The molecule has 0 radical (unpaired) electrons. The fourth-order valence-corrected chi connectivity index (χ4v) is 13.5. The van der Waals surface area contributed by atoms with Crippen LogP contribution in [0.25, 0.3) is 17.1 Å². The molecule has 4 aliphatic carbocycles. The lowest BCUT2D eigenvalue weighted by atomic mass is 9.47. The summed E-state index contributed by atoms with van der Waals surface area (Å²) < 4.78 is 8.10. The molecule has 55 heavy (non-hydrogen) atoms. The van der Waals surface area contributed by atoms with Gasteiger partial charge in [-0.2, -0.15) is 5.26 Å². The van der Waals surface area contributed by atoms with Crippen molar-refractivity contribution < 1.29 is 9.84 Å². The monoisotopic (exact) mass is 790 g/mol. The van der Waals surface area contributed by atoms with Crippen molar-refractivity contribution in [2.45, 2.75) is 95.2 Å². The summed E-state index contributed by atoms with van der Waals surface area (Å²) in [4.78, 5) is 0.802. The van der Waals surface area contributed by atoms with Crippen LogP contribution in [0, 0.1) is 39.9 Å². The standard InChI is InChI=1S/C44H47ClN6O2S2/c1-24-38(36(31(22-46)39(47)53-24)25-9-12-27(45)13-10-25)55-42-50-49-41(51(42)28-7-5-4-6-8-28)37-32(23-54-40(37)48)34-16-15-33-30-14-11-26-21-29(52)17-19-43(26,2)35(30)18-20-44(33,34)3/h4-13,23,29-30,33-36,52H,14-21,47-48H2,1-3H3/t29?,30-,33-,34+,35-,36?,43-,44-/m0/s1. The molecule has 3 fully saturated rings. The SMILES string of the molecule is CC1=C(Sc2nnc(-c3c([C@H]4CC[C@H]5[C@@H]6CC=C7CC(O)CC[C@]7(C)[C@H]6CC[C@]45C)csc3N)n2-c2ccccc2)C(c2ccc(Cl)cc2)C(C#N)=C(N)O1. The molecule has 284 valence electrons. The average molecular weight is 791 g/mol. The van der Waals surface area contributed by atoms with Gasteiger partial charge in [0.2, 0.25) is 11.0 Å². The predicted octanol–water partition coefficient (Wildman–Crippen LogP) is 10.5. The number of ether oxygens (including phenoxy) is 1. The van der Waals surface area contributed by atoms with Gasteiger partial charge in [0, 0.05) is 15.6 Å². The van der Waals surface area contributed by atoms with Gasteiger partial charge in [0.25, 0.3) is 0 Å². The van der Waals surface area contributed by atoms with Crippen molar-refractivity contribution in [2.75, 3.05) is 5.73 Å². The molecule has 9 rings (SSSR count). The Labute approximate surface area is 336 Å². The number of anilines is 1. The van der Waals surface area contributed by atoms with Crippen LogP contribution in [0.4, 0.5) is 5.00 Å². The van der Waals surface area contributed by atoms with E-state index in [1.165, 1.54) is 42.2 Å². The fourth-order valence-electron chi connectivity index (χ4n) is 11.4. The molecule has 11 heteroatoms. The number of benzene rings is 2. The molecular weight excluding hydrogens is 744 g/mol. The predicted molar refractivity (Wildman–Crippen MR) is 220 cm³/mol. The summed E-state index contributed by atoms with van der Waals surface area (Å²) >= 11 is 9.32. The van der Waals surface area contributed by atoms with E-state index in [9.17, 15) is 10.4 Å². The summed E-state index contributed by atoms with van der Waals surface area (Å²) in [6.07, 6.45) is 11.1. The van der Waals surface area contributed by atoms with Gasteiger partial charge in [-0.25, -0.2) is 0 Å². The largest absolute Gasteiger partial charge is 0.444 e. The van der Waals surface area contributed by atoms with Crippen LogP contribution in [0.5, 0.6) is 0 Å². The second-order valence-electron chi connectivity index (χ2n) is 16.7. The van der Waals surface area contributed by atoms with Gasteiger partial charge in [0.05, 0.1) is 22.6 Å². The van der Waals surface area contributed by atoms with Crippen molar-refractivity contribution in [3.63, 3.8) is 0 Å². The third-order valence-electron chi connectivity index (χ3n) is 14.1. The molecule has 3 heterocycles. The van der Waals surface area contributed by atoms with E-state index in [-0.39, 0.29) is 22.8 Å². The highest BCUT2D eigenvalue weighted by molar-refractivity contribution is 8.03. The van der Waals surface area contributed by atoms with Crippen LogP contribution >= 0.6 is 34.7 Å². The fraction of sp³-hybridized carbons (Fsp3) is 0.432. The number of aromatic nitrogens is 3. The van der Waals surface area contributed by atoms with E-state index in [1.54, 1.807) is 11.3 Å². The van der Waals surface area contributed by atoms with Gasteiger partial charge < -0.3 is 21.3 Å². The van der Waals surface area contributed by atoms with E-state index in [2.05, 4.69) is 48.1 Å². The number of nitrogens with zero attached hydrogens (tertiary/aromatic N) is 4. The van der Waals surface area contributed by atoms with Crippen LogP contribution in [-0.4, -0.2) is 26.0 Å². The first-order chi connectivity index (χ1) is 26.5. The van der Waals surface area contributed by atoms with Crippen LogP contribution in [0.1, 0.15) is 95.1 Å². The smallest absolute Gasteiger partial charge is 0.205 e. The van der Waals surface area contributed by atoms with Crippen molar-refractivity contribution >= 4 is 39.7 Å². The first-order valence-corrected chi connectivity index (χ1v) is 21.6. The maximum Gasteiger partial charge on any atom is 0.205 e. The molecule has 8 nitrogen and oxygen atoms in total. The lowest BCUT2D eigenvalue weighted by Gasteiger charge is -2.58.